The molecule has 1 aliphatic rings. The van der Waals surface area contributed by atoms with Crippen LogP contribution in [0.2, 0.25) is 0 Å². The van der Waals surface area contributed by atoms with E-state index in [1.54, 1.807) is 0 Å². The number of oxime groups is 1. The third-order valence-electron chi connectivity index (χ3n) is 3.81. The first-order chi connectivity index (χ1) is 9.60. The van der Waals surface area contributed by atoms with Crippen LogP contribution < -0.4 is 11.1 Å². The number of nitrogens with zero attached hydrogens (tertiary/aromatic N) is 1. The zero-order valence-corrected chi connectivity index (χ0v) is 12.1. The summed E-state index contributed by atoms with van der Waals surface area (Å²) < 4.78 is 5.55. The smallest absolute Gasteiger partial charge is 0.170 e. The van der Waals surface area contributed by atoms with Crippen molar-refractivity contribution in [1.29, 1.82) is 0 Å². The lowest BCUT2D eigenvalue weighted by molar-refractivity contribution is 0.0130. The standard InChI is InChI=1S/C15H23N3O2/c1-10-7-12(15(16)18-19)3-4-13(10)9-17-14-5-6-20-11(2)8-14/h3-4,7,11,14,17,19H,5-6,8-9H2,1-2H3,(H2,16,18). The van der Waals surface area contributed by atoms with Crippen LogP contribution in [0.4, 0.5) is 0 Å². The van der Waals surface area contributed by atoms with Crippen molar-refractivity contribution in [3.05, 3.63) is 34.9 Å². The fourth-order valence-corrected chi connectivity index (χ4v) is 2.55. The largest absolute Gasteiger partial charge is 0.409 e. The minimum Gasteiger partial charge on any atom is -0.409 e. The summed E-state index contributed by atoms with van der Waals surface area (Å²) in [5.41, 5.74) is 8.71. The summed E-state index contributed by atoms with van der Waals surface area (Å²) in [4.78, 5) is 0. The van der Waals surface area contributed by atoms with Gasteiger partial charge in [0.1, 0.15) is 0 Å². The van der Waals surface area contributed by atoms with Crippen LogP contribution in [-0.2, 0) is 11.3 Å². The molecule has 5 nitrogen and oxygen atoms in total. The van der Waals surface area contributed by atoms with Gasteiger partial charge in [0.05, 0.1) is 6.10 Å². The van der Waals surface area contributed by atoms with Gasteiger partial charge >= 0.3 is 0 Å². The predicted octanol–water partition coefficient (Wildman–Crippen LogP) is 1.75. The predicted molar refractivity (Wildman–Crippen MR) is 79.0 cm³/mol. The van der Waals surface area contributed by atoms with Crippen molar-refractivity contribution in [2.75, 3.05) is 6.61 Å². The number of nitrogens with one attached hydrogen (secondary N) is 1. The van der Waals surface area contributed by atoms with E-state index >= 15 is 0 Å². The van der Waals surface area contributed by atoms with Crippen molar-refractivity contribution in [1.82, 2.24) is 5.32 Å². The SMILES string of the molecule is Cc1cc(/C(N)=N/O)ccc1CNC1CCOC(C)C1. The molecule has 1 aromatic rings. The topological polar surface area (TPSA) is 79.9 Å². The Bertz CT molecular complexity index is 488. The molecule has 1 saturated heterocycles. The number of benzene rings is 1. The van der Waals surface area contributed by atoms with Gasteiger partial charge in [0.15, 0.2) is 5.84 Å². The molecule has 1 aromatic carbocycles. The van der Waals surface area contributed by atoms with Crippen molar-refractivity contribution in [3.63, 3.8) is 0 Å². The molecule has 0 aromatic heterocycles. The molecule has 0 amide bonds. The van der Waals surface area contributed by atoms with Crippen LogP contribution in [0.3, 0.4) is 0 Å². The number of amidine groups is 1. The van der Waals surface area contributed by atoms with E-state index in [0.29, 0.717) is 12.1 Å². The van der Waals surface area contributed by atoms with Crippen molar-refractivity contribution >= 4 is 5.84 Å². The molecule has 0 radical (unpaired) electrons. The van der Waals surface area contributed by atoms with Crippen LogP contribution in [0, 0.1) is 6.92 Å². The summed E-state index contributed by atoms with van der Waals surface area (Å²) in [7, 11) is 0. The van der Waals surface area contributed by atoms with Crippen LogP contribution in [0.1, 0.15) is 36.5 Å². The Balaban J connectivity index is 1.96. The molecule has 1 fully saturated rings. The lowest BCUT2D eigenvalue weighted by atomic mass is 10.0. The molecule has 0 saturated carbocycles. The number of hydrogen-bond acceptors (Lipinski definition) is 4. The van der Waals surface area contributed by atoms with Crippen LogP contribution in [-0.4, -0.2) is 29.8 Å². The third kappa shape index (κ3) is 3.71. The van der Waals surface area contributed by atoms with E-state index < -0.39 is 0 Å². The molecule has 0 spiro atoms. The molecule has 4 N–H and O–H groups in total. The lowest BCUT2D eigenvalue weighted by Gasteiger charge is -2.28. The minimum atomic E-state index is 0.144. The molecule has 0 bridgehead atoms. The summed E-state index contributed by atoms with van der Waals surface area (Å²) in [5.74, 6) is 0.144. The van der Waals surface area contributed by atoms with Crippen molar-refractivity contribution in [3.8, 4) is 0 Å². The van der Waals surface area contributed by atoms with Crippen LogP contribution in [0.25, 0.3) is 0 Å². The highest BCUT2D eigenvalue weighted by atomic mass is 16.5. The Labute approximate surface area is 119 Å². The van der Waals surface area contributed by atoms with Crippen molar-refractivity contribution in [2.45, 2.75) is 45.4 Å². The quantitative estimate of drug-likeness (QED) is 0.339. The zero-order chi connectivity index (χ0) is 14.5. The summed E-state index contributed by atoms with van der Waals surface area (Å²) in [6, 6.07) is 6.37. The van der Waals surface area contributed by atoms with Crippen LogP contribution in [0.5, 0.6) is 0 Å². The Morgan fingerprint density at radius 1 is 1.55 bits per heavy atom. The Kier molecular flexibility index (Phi) is 4.98. The highest BCUT2D eigenvalue weighted by Crippen LogP contribution is 2.15. The first kappa shape index (κ1) is 14.8. The fraction of sp³-hybridized carbons (Fsp3) is 0.533. The average molecular weight is 277 g/mol. The van der Waals surface area contributed by atoms with E-state index in [1.165, 1.54) is 5.56 Å². The summed E-state index contributed by atoms with van der Waals surface area (Å²) in [6.45, 7) is 5.82. The second-order valence-electron chi connectivity index (χ2n) is 5.41. The van der Waals surface area contributed by atoms with E-state index in [1.807, 2.05) is 25.1 Å². The number of rotatable bonds is 4. The maximum Gasteiger partial charge on any atom is 0.170 e. The highest BCUT2D eigenvalue weighted by molar-refractivity contribution is 5.97. The fourth-order valence-electron chi connectivity index (χ4n) is 2.55. The van der Waals surface area contributed by atoms with E-state index in [4.69, 9.17) is 15.7 Å². The highest BCUT2D eigenvalue weighted by Gasteiger charge is 2.18. The van der Waals surface area contributed by atoms with E-state index in [-0.39, 0.29) is 5.84 Å². The summed E-state index contributed by atoms with van der Waals surface area (Å²) in [5, 5.41) is 15.3. The average Bonchev–Trinajstić information content (AvgIpc) is 2.45. The maximum absolute atomic E-state index is 8.69. The molecule has 5 heteroatoms. The second-order valence-corrected chi connectivity index (χ2v) is 5.41. The Morgan fingerprint density at radius 3 is 3.00 bits per heavy atom. The van der Waals surface area contributed by atoms with Gasteiger partial charge < -0.3 is 21.0 Å². The van der Waals surface area contributed by atoms with Crippen LogP contribution in [0.15, 0.2) is 23.4 Å². The number of hydrogen-bond donors (Lipinski definition) is 3. The molecular weight excluding hydrogens is 254 g/mol. The summed E-state index contributed by atoms with van der Waals surface area (Å²) >= 11 is 0. The maximum atomic E-state index is 8.69. The van der Waals surface area contributed by atoms with Gasteiger partial charge in [-0.05, 0) is 43.9 Å². The lowest BCUT2D eigenvalue weighted by Crippen LogP contribution is -2.37. The molecule has 2 atom stereocenters. The normalized spacial score (nSPS) is 23.8. The molecule has 0 aliphatic carbocycles. The molecule has 20 heavy (non-hydrogen) atoms. The first-order valence-electron chi connectivity index (χ1n) is 7.02. The van der Waals surface area contributed by atoms with Gasteiger partial charge in [-0.3, -0.25) is 0 Å². The van der Waals surface area contributed by atoms with Crippen LogP contribution >= 0.6 is 0 Å². The summed E-state index contributed by atoms with van der Waals surface area (Å²) in [6.07, 6.45) is 2.46. The van der Waals surface area contributed by atoms with Crippen molar-refractivity contribution < 1.29 is 9.94 Å². The Hall–Kier alpha value is -1.59. The molecule has 1 aliphatic heterocycles. The minimum absolute atomic E-state index is 0.144. The van der Waals surface area contributed by atoms with Gasteiger partial charge in [0.2, 0.25) is 0 Å². The van der Waals surface area contributed by atoms with Gasteiger partial charge in [-0.15, -0.1) is 0 Å². The number of aryl methyl sites for hydroxylation is 1. The van der Waals surface area contributed by atoms with Gasteiger partial charge in [0.25, 0.3) is 0 Å². The molecular formula is C15H23N3O2. The molecule has 2 unspecified atom stereocenters. The number of nitrogens with two attached hydrogens (primary N) is 1. The zero-order valence-electron chi connectivity index (χ0n) is 12.1. The van der Waals surface area contributed by atoms with E-state index in [2.05, 4.69) is 17.4 Å². The molecule has 110 valence electrons. The van der Waals surface area contributed by atoms with Gasteiger partial charge in [-0.25, -0.2) is 0 Å². The van der Waals surface area contributed by atoms with Gasteiger partial charge in [-0.1, -0.05) is 17.3 Å². The third-order valence-corrected chi connectivity index (χ3v) is 3.81. The molecule has 2 rings (SSSR count). The molecule has 1 heterocycles. The monoisotopic (exact) mass is 277 g/mol. The second kappa shape index (κ2) is 6.72. The van der Waals surface area contributed by atoms with Gasteiger partial charge in [-0.2, -0.15) is 0 Å². The first-order valence-corrected chi connectivity index (χ1v) is 7.02. The van der Waals surface area contributed by atoms with Crippen molar-refractivity contribution in [2.24, 2.45) is 10.9 Å². The van der Waals surface area contributed by atoms with E-state index in [0.717, 1.165) is 37.1 Å². The van der Waals surface area contributed by atoms with E-state index in [9.17, 15) is 0 Å². The number of ether oxygens (including phenoxy) is 1. The Morgan fingerprint density at radius 2 is 2.35 bits per heavy atom. The van der Waals surface area contributed by atoms with Gasteiger partial charge in [0, 0.05) is 24.8 Å².